The molecule has 0 radical (unpaired) electrons. The zero-order chi connectivity index (χ0) is 13.0. The van der Waals surface area contributed by atoms with E-state index in [0.29, 0.717) is 22.8 Å². The summed E-state index contributed by atoms with van der Waals surface area (Å²) in [5, 5.41) is 2.66. The highest BCUT2D eigenvalue weighted by atomic mass is 16.5. The smallest absolute Gasteiger partial charge is 0.256 e. The summed E-state index contributed by atoms with van der Waals surface area (Å²) in [6.45, 7) is 0. The summed E-state index contributed by atoms with van der Waals surface area (Å²) in [7, 11) is 1.55. The molecule has 1 heterocycles. The third-order valence-corrected chi connectivity index (χ3v) is 2.36. The summed E-state index contributed by atoms with van der Waals surface area (Å²) < 4.78 is 5.06. The van der Waals surface area contributed by atoms with Gasteiger partial charge in [-0.15, -0.1) is 0 Å². The predicted octanol–water partition coefficient (Wildman–Crippen LogP) is 1.92. The largest absolute Gasteiger partial charge is 0.497 e. The second-order valence-electron chi connectivity index (χ2n) is 3.66. The van der Waals surface area contributed by atoms with E-state index in [2.05, 4.69) is 10.3 Å². The molecule has 0 saturated carbocycles. The number of benzene rings is 1. The number of hydrogen-bond acceptors (Lipinski definition) is 4. The van der Waals surface area contributed by atoms with Gasteiger partial charge in [0.15, 0.2) is 0 Å². The number of methoxy groups -OCH3 is 1. The fourth-order valence-corrected chi connectivity index (χ4v) is 1.47. The molecule has 0 saturated heterocycles. The zero-order valence-corrected chi connectivity index (χ0v) is 9.88. The molecule has 1 aromatic heterocycles. The molecule has 0 bridgehead atoms. The van der Waals surface area contributed by atoms with E-state index in [1.807, 2.05) is 0 Å². The predicted molar refractivity (Wildman–Crippen MR) is 69.6 cm³/mol. The molecule has 2 aromatic rings. The molecule has 1 amide bonds. The fraction of sp³-hybridized carbons (Fsp3) is 0.0769. The van der Waals surface area contributed by atoms with Gasteiger partial charge in [-0.05, 0) is 24.3 Å². The van der Waals surface area contributed by atoms with E-state index in [1.165, 1.54) is 6.20 Å². The molecule has 0 aliphatic carbocycles. The zero-order valence-electron chi connectivity index (χ0n) is 9.88. The quantitative estimate of drug-likeness (QED) is 0.863. The molecule has 0 aliphatic heterocycles. The number of anilines is 2. The Labute approximate surface area is 105 Å². The summed E-state index contributed by atoms with van der Waals surface area (Å²) in [6.07, 6.45) is 1.54. The van der Waals surface area contributed by atoms with E-state index in [9.17, 15) is 4.79 Å². The number of nitrogens with zero attached hydrogens (tertiary/aromatic N) is 1. The monoisotopic (exact) mass is 243 g/mol. The standard InChI is InChI=1S/C13H13N3O2/c1-18-11-4-2-3-9(7-11)13(17)16-12-8-10(14)5-6-15-12/h2-8H,1H3,(H3,14,15,16,17). The van der Waals surface area contributed by atoms with Crippen LogP contribution in [0.3, 0.4) is 0 Å². The molecule has 1 aromatic carbocycles. The second-order valence-corrected chi connectivity index (χ2v) is 3.66. The average molecular weight is 243 g/mol. The van der Waals surface area contributed by atoms with Crippen LogP contribution in [0.2, 0.25) is 0 Å². The van der Waals surface area contributed by atoms with Crippen LogP contribution in [-0.4, -0.2) is 18.0 Å². The van der Waals surface area contributed by atoms with Crippen LogP contribution < -0.4 is 15.8 Å². The van der Waals surface area contributed by atoms with Crippen molar-refractivity contribution < 1.29 is 9.53 Å². The van der Waals surface area contributed by atoms with Gasteiger partial charge < -0.3 is 15.8 Å². The van der Waals surface area contributed by atoms with Gasteiger partial charge in [-0.25, -0.2) is 4.98 Å². The molecule has 92 valence electrons. The van der Waals surface area contributed by atoms with Crippen molar-refractivity contribution in [2.45, 2.75) is 0 Å². The lowest BCUT2D eigenvalue weighted by molar-refractivity contribution is 0.102. The lowest BCUT2D eigenvalue weighted by atomic mass is 10.2. The highest BCUT2D eigenvalue weighted by molar-refractivity contribution is 6.04. The minimum atomic E-state index is -0.257. The topological polar surface area (TPSA) is 77.2 Å². The Kier molecular flexibility index (Phi) is 3.43. The van der Waals surface area contributed by atoms with Crippen molar-refractivity contribution in [3.8, 4) is 5.75 Å². The second kappa shape index (κ2) is 5.18. The Bertz CT molecular complexity index is 570. The van der Waals surface area contributed by atoms with Gasteiger partial charge in [-0.1, -0.05) is 6.07 Å². The van der Waals surface area contributed by atoms with Crippen molar-refractivity contribution >= 4 is 17.4 Å². The molecule has 18 heavy (non-hydrogen) atoms. The van der Waals surface area contributed by atoms with Crippen molar-refractivity contribution in [1.29, 1.82) is 0 Å². The number of hydrogen-bond donors (Lipinski definition) is 2. The van der Waals surface area contributed by atoms with Crippen LogP contribution in [0.5, 0.6) is 5.75 Å². The van der Waals surface area contributed by atoms with Crippen LogP contribution in [0.1, 0.15) is 10.4 Å². The number of ether oxygens (including phenoxy) is 1. The van der Waals surface area contributed by atoms with Crippen molar-refractivity contribution in [1.82, 2.24) is 4.98 Å². The van der Waals surface area contributed by atoms with E-state index in [4.69, 9.17) is 10.5 Å². The fourth-order valence-electron chi connectivity index (χ4n) is 1.47. The van der Waals surface area contributed by atoms with E-state index < -0.39 is 0 Å². The molecule has 5 nitrogen and oxygen atoms in total. The van der Waals surface area contributed by atoms with Gasteiger partial charge in [-0.3, -0.25) is 4.79 Å². The maximum atomic E-state index is 11.9. The van der Waals surface area contributed by atoms with Crippen LogP contribution in [0.25, 0.3) is 0 Å². The highest BCUT2D eigenvalue weighted by Crippen LogP contribution is 2.14. The van der Waals surface area contributed by atoms with Crippen LogP contribution in [-0.2, 0) is 0 Å². The van der Waals surface area contributed by atoms with Crippen LogP contribution in [0, 0.1) is 0 Å². The summed E-state index contributed by atoms with van der Waals surface area (Å²) in [6, 6.07) is 10.1. The Morgan fingerprint density at radius 1 is 1.33 bits per heavy atom. The Morgan fingerprint density at radius 2 is 2.17 bits per heavy atom. The molecule has 0 atom stereocenters. The first-order valence-electron chi connectivity index (χ1n) is 5.36. The normalized spacial score (nSPS) is 9.83. The maximum absolute atomic E-state index is 11.9. The molecule has 0 fully saturated rings. The third kappa shape index (κ3) is 2.76. The minimum absolute atomic E-state index is 0.257. The summed E-state index contributed by atoms with van der Waals surface area (Å²) >= 11 is 0. The first-order valence-corrected chi connectivity index (χ1v) is 5.36. The third-order valence-electron chi connectivity index (χ3n) is 2.36. The van der Waals surface area contributed by atoms with E-state index in [0.717, 1.165) is 0 Å². The van der Waals surface area contributed by atoms with Gasteiger partial charge in [0.1, 0.15) is 11.6 Å². The number of nitrogens with one attached hydrogen (secondary N) is 1. The molecule has 5 heteroatoms. The lowest BCUT2D eigenvalue weighted by Crippen LogP contribution is -2.13. The molecular weight excluding hydrogens is 230 g/mol. The van der Waals surface area contributed by atoms with Gasteiger partial charge in [-0.2, -0.15) is 0 Å². The lowest BCUT2D eigenvalue weighted by Gasteiger charge is -2.06. The number of nitrogen functional groups attached to an aromatic ring is 1. The van der Waals surface area contributed by atoms with Gasteiger partial charge in [0.05, 0.1) is 7.11 Å². The van der Waals surface area contributed by atoms with Gasteiger partial charge >= 0.3 is 0 Å². The maximum Gasteiger partial charge on any atom is 0.256 e. The Morgan fingerprint density at radius 3 is 2.89 bits per heavy atom. The van der Waals surface area contributed by atoms with Crippen LogP contribution in [0.15, 0.2) is 42.6 Å². The molecular formula is C13H13N3O2. The van der Waals surface area contributed by atoms with Crippen molar-refractivity contribution in [2.75, 3.05) is 18.2 Å². The van der Waals surface area contributed by atoms with Crippen molar-refractivity contribution in [2.24, 2.45) is 0 Å². The number of aromatic nitrogens is 1. The average Bonchev–Trinajstić information content (AvgIpc) is 2.39. The number of carbonyl (C=O) groups is 1. The van der Waals surface area contributed by atoms with E-state index in [-0.39, 0.29) is 5.91 Å². The number of pyridine rings is 1. The Hall–Kier alpha value is -2.56. The van der Waals surface area contributed by atoms with Gasteiger partial charge in [0.25, 0.3) is 5.91 Å². The number of amides is 1. The van der Waals surface area contributed by atoms with E-state index >= 15 is 0 Å². The number of carbonyl (C=O) groups excluding carboxylic acids is 1. The summed E-state index contributed by atoms with van der Waals surface area (Å²) in [5.41, 5.74) is 6.65. The van der Waals surface area contributed by atoms with E-state index in [1.54, 1.807) is 43.5 Å². The first-order chi connectivity index (χ1) is 8.69. The Balaban J connectivity index is 2.16. The van der Waals surface area contributed by atoms with Crippen molar-refractivity contribution in [3.63, 3.8) is 0 Å². The van der Waals surface area contributed by atoms with Gasteiger partial charge in [0, 0.05) is 23.5 Å². The summed E-state index contributed by atoms with van der Waals surface area (Å²) in [5.74, 6) is 0.790. The molecule has 0 unspecified atom stereocenters. The molecule has 0 aliphatic rings. The van der Waals surface area contributed by atoms with Crippen LogP contribution >= 0.6 is 0 Å². The summed E-state index contributed by atoms with van der Waals surface area (Å²) in [4.78, 5) is 16.0. The number of nitrogens with two attached hydrogens (primary N) is 1. The van der Waals surface area contributed by atoms with Gasteiger partial charge in [0.2, 0.25) is 0 Å². The highest BCUT2D eigenvalue weighted by Gasteiger charge is 2.07. The first kappa shape index (κ1) is 11.9. The molecule has 3 N–H and O–H groups in total. The van der Waals surface area contributed by atoms with Crippen molar-refractivity contribution in [3.05, 3.63) is 48.2 Å². The molecule has 2 rings (SSSR count). The van der Waals surface area contributed by atoms with Crippen LogP contribution in [0.4, 0.5) is 11.5 Å². The number of rotatable bonds is 3. The SMILES string of the molecule is COc1cccc(C(=O)Nc2cc(N)ccn2)c1. The minimum Gasteiger partial charge on any atom is -0.497 e. The molecule has 0 spiro atoms.